The van der Waals surface area contributed by atoms with E-state index < -0.39 is 0 Å². The molecule has 0 aliphatic rings. The third-order valence-electron chi connectivity index (χ3n) is 1.85. The third-order valence-corrected chi connectivity index (χ3v) is 2.94. The number of aromatic hydroxyl groups is 2. The normalized spacial score (nSPS) is 10.6. The van der Waals surface area contributed by atoms with Gasteiger partial charge in [0.15, 0.2) is 17.3 Å². The maximum Gasteiger partial charge on any atom is 0.172 e. The summed E-state index contributed by atoms with van der Waals surface area (Å²) >= 11 is 1.55. The maximum absolute atomic E-state index is 11.6. The highest BCUT2D eigenvalue weighted by Gasteiger charge is 2.09. The smallest absolute Gasteiger partial charge is 0.172 e. The fraction of sp³-hybridized carbons (Fsp3) is 0.364. The molecule has 0 aliphatic carbocycles. The minimum atomic E-state index is -0.254. The van der Waals surface area contributed by atoms with Crippen molar-refractivity contribution in [1.29, 1.82) is 0 Å². The van der Waals surface area contributed by atoms with Crippen LogP contribution < -0.4 is 0 Å². The van der Waals surface area contributed by atoms with E-state index in [1.807, 2.05) is 13.8 Å². The van der Waals surface area contributed by atoms with Crippen LogP contribution >= 0.6 is 11.8 Å². The number of rotatable bonds is 4. The van der Waals surface area contributed by atoms with Crippen molar-refractivity contribution in [3.63, 3.8) is 0 Å². The first-order valence-corrected chi connectivity index (χ1v) is 5.72. The molecule has 0 unspecified atom stereocenters. The van der Waals surface area contributed by atoms with Crippen LogP contribution in [0.2, 0.25) is 0 Å². The summed E-state index contributed by atoms with van der Waals surface area (Å²) in [5, 5.41) is 18.7. The highest BCUT2D eigenvalue weighted by molar-refractivity contribution is 8.00. The Kier molecular flexibility index (Phi) is 4.03. The largest absolute Gasteiger partial charge is 0.504 e. The van der Waals surface area contributed by atoms with Crippen LogP contribution in [0.4, 0.5) is 0 Å². The Hall–Kier alpha value is -1.16. The van der Waals surface area contributed by atoms with Crippen LogP contribution in [0.1, 0.15) is 24.2 Å². The van der Waals surface area contributed by atoms with Crippen LogP contribution in [-0.4, -0.2) is 27.0 Å². The van der Waals surface area contributed by atoms with E-state index in [2.05, 4.69) is 0 Å². The summed E-state index contributed by atoms with van der Waals surface area (Å²) in [4.78, 5) is 11.6. The van der Waals surface area contributed by atoms with Gasteiger partial charge < -0.3 is 10.2 Å². The molecule has 4 heteroatoms. The second-order valence-electron chi connectivity index (χ2n) is 3.49. The van der Waals surface area contributed by atoms with Gasteiger partial charge in [-0.1, -0.05) is 13.8 Å². The number of hydrogen-bond donors (Lipinski definition) is 2. The molecular weight excluding hydrogens is 212 g/mol. The first-order valence-electron chi connectivity index (χ1n) is 4.67. The molecule has 0 spiro atoms. The number of benzene rings is 1. The second kappa shape index (κ2) is 5.07. The zero-order valence-corrected chi connectivity index (χ0v) is 9.54. The van der Waals surface area contributed by atoms with Crippen molar-refractivity contribution in [3.05, 3.63) is 23.8 Å². The number of carbonyl (C=O) groups excluding carboxylic acids is 1. The van der Waals surface area contributed by atoms with Crippen LogP contribution in [0.5, 0.6) is 11.5 Å². The molecule has 0 aliphatic heterocycles. The summed E-state index contributed by atoms with van der Waals surface area (Å²) in [6.07, 6.45) is 0. The lowest BCUT2D eigenvalue weighted by molar-refractivity contribution is 0.102. The molecule has 0 heterocycles. The zero-order chi connectivity index (χ0) is 11.4. The van der Waals surface area contributed by atoms with E-state index in [0.29, 0.717) is 16.6 Å². The van der Waals surface area contributed by atoms with Gasteiger partial charge >= 0.3 is 0 Å². The average molecular weight is 226 g/mol. The van der Waals surface area contributed by atoms with Gasteiger partial charge in [0.05, 0.1) is 5.75 Å². The third kappa shape index (κ3) is 3.47. The molecule has 0 bridgehead atoms. The van der Waals surface area contributed by atoms with Gasteiger partial charge in [0.1, 0.15) is 0 Å². The Morgan fingerprint density at radius 1 is 1.33 bits per heavy atom. The average Bonchev–Trinajstić information content (AvgIpc) is 2.18. The quantitative estimate of drug-likeness (QED) is 0.611. The van der Waals surface area contributed by atoms with Crippen molar-refractivity contribution in [2.24, 2.45) is 0 Å². The summed E-state index contributed by atoms with van der Waals surface area (Å²) in [5.41, 5.74) is 0.429. The Morgan fingerprint density at radius 3 is 2.53 bits per heavy atom. The van der Waals surface area contributed by atoms with E-state index in [4.69, 9.17) is 5.11 Å². The van der Waals surface area contributed by atoms with Gasteiger partial charge in [-0.2, -0.15) is 11.8 Å². The lowest BCUT2D eigenvalue weighted by Gasteiger charge is -2.05. The molecule has 0 saturated heterocycles. The highest BCUT2D eigenvalue weighted by atomic mass is 32.2. The molecule has 0 radical (unpaired) electrons. The fourth-order valence-corrected chi connectivity index (χ4v) is 1.67. The molecule has 0 fully saturated rings. The topological polar surface area (TPSA) is 57.5 Å². The maximum atomic E-state index is 11.6. The fourth-order valence-electron chi connectivity index (χ4n) is 1.02. The van der Waals surface area contributed by atoms with Crippen molar-refractivity contribution in [3.8, 4) is 11.5 Å². The number of ketones is 1. The van der Waals surface area contributed by atoms with E-state index in [1.54, 1.807) is 11.8 Å². The van der Waals surface area contributed by atoms with Crippen LogP contribution in [0, 0.1) is 0 Å². The summed E-state index contributed by atoms with van der Waals surface area (Å²) in [6, 6.07) is 4.12. The van der Waals surface area contributed by atoms with Gasteiger partial charge in [-0.15, -0.1) is 0 Å². The van der Waals surface area contributed by atoms with Crippen LogP contribution in [0.3, 0.4) is 0 Å². The van der Waals surface area contributed by atoms with Crippen molar-refractivity contribution in [1.82, 2.24) is 0 Å². The Morgan fingerprint density at radius 2 is 2.00 bits per heavy atom. The van der Waals surface area contributed by atoms with E-state index in [0.717, 1.165) is 0 Å². The van der Waals surface area contributed by atoms with Gasteiger partial charge in [0.2, 0.25) is 0 Å². The number of phenolic OH excluding ortho intramolecular Hbond substituents is 2. The predicted octanol–water partition coefficient (Wildman–Crippen LogP) is 2.42. The summed E-state index contributed by atoms with van der Waals surface area (Å²) in [7, 11) is 0. The molecule has 0 aromatic heterocycles. The van der Waals surface area contributed by atoms with Crippen LogP contribution in [-0.2, 0) is 0 Å². The molecular formula is C11H14O3S. The minimum Gasteiger partial charge on any atom is -0.504 e. The molecule has 15 heavy (non-hydrogen) atoms. The highest BCUT2D eigenvalue weighted by Crippen LogP contribution is 2.25. The van der Waals surface area contributed by atoms with Gasteiger partial charge in [-0.25, -0.2) is 0 Å². The Balaban J connectivity index is 2.70. The summed E-state index contributed by atoms with van der Waals surface area (Å²) in [6.45, 7) is 4.04. The van der Waals surface area contributed by atoms with Gasteiger partial charge in [0, 0.05) is 5.56 Å². The lowest BCUT2D eigenvalue weighted by atomic mass is 10.1. The van der Waals surface area contributed by atoms with E-state index in [1.165, 1.54) is 18.2 Å². The van der Waals surface area contributed by atoms with Crippen LogP contribution in [0.25, 0.3) is 0 Å². The molecule has 82 valence electrons. The number of thioether (sulfide) groups is 1. The van der Waals surface area contributed by atoms with Crippen molar-refractivity contribution >= 4 is 17.5 Å². The van der Waals surface area contributed by atoms with Crippen molar-refractivity contribution in [2.75, 3.05) is 5.75 Å². The molecule has 3 nitrogen and oxygen atoms in total. The standard InChI is InChI=1S/C11H14O3S/c1-7(2)15-6-11(14)8-3-4-9(12)10(13)5-8/h3-5,7,12-13H,6H2,1-2H3. The first kappa shape index (κ1) is 11.9. The second-order valence-corrected chi connectivity index (χ2v) is 5.05. The Labute approximate surface area is 93.1 Å². The molecule has 0 saturated carbocycles. The van der Waals surface area contributed by atoms with Crippen LogP contribution in [0.15, 0.2) is 18.2 Å². The van der Waals surface area contributed by atoms with E-state index >= 15 is 0 Å². The molecule has 2 N–H and O–H groups in total. The van der Waals surface area contributed by atoms with E-state index in [9.17, 15) is 9.90 Å². The number of phenols is 2. The van der Waals surface area contributed by atoms with E-state index in [-0.39, 0.29) is 17.3 Å². The van der Waals surface area contributed by atoms with Gasteiger partial charge in [-0.05, 0) is 23.4 Å². The minimum absolute atomic E-state index is 0.0380. The van der Waals surface area contributed by atoms with Crippen molar-refractivity contribution < 1.29 is 15.0 Å². The molecule has 1 aromatic carbocycles. The zero-order valence-electron chi connectivity index (χ0n) is 8.73. The monoisotopic (exact) mass is 226 g/mol. The number of hydrogen-bond acceptors (Lipinski definition) is 4. The van der Waals surface area contributed by atoms with Gasteiger partial charge in [0.25, 0.3) is 0 Å². The number of carbonyl (C=O) groups is 1. The summed E-state index contributed by atoms with van der Waals surface area (Å²) < 4.78 is 0. The molecule has 0 amide bonds. The Bertz CT molecular complexity index is 361. The molecule has 1 rings (SSSR count). The van der Waals surface area contributed by atoms with Crippen molar-refractivity contribution in [2.45, 2.75) is 19.1 Å². The SMILES string of the molecule is CC(C)SCC(=O)c1ccc(O)c(O)c1. The summed E-state index contributed by atoms with van der Waals surface area (Å²) in [5.74, 6) is -0.107. The number of Topliss-reactive ketones (excluding diaryl/α,β-unsaturated/α-hetero) is 1. The molecule has 1 aromatic rings. The molecule has 0 atom stereocenters. The van der Waals surface area contributed by atoms with Gasteiger partial charge in [-0.3, -0.25) is 4.79 Å². The first-order chi connectivity index (χ1) is 7.00. The lowest BCUT2D eigenvalue weighted by Crippen LogP contribution is -2.04. The predicted molar refractivity (Wildman–Crippen MR) is 61.7 cm³/mol.